The Morgan fingerprint density at radius 1 is 1.27 bits per heavy atom. The molecule has 2 amide bonds. The number of ether oxygens (including phenoxy) is 2. The molecule has 0 aliphatic carbocycles. The highest BCUT2D eigenvalue weighted by molar-refractivity contribution is 6.33. The Balaban J connectivity index is 1.22. The van der Waals surface area contributed by atoms with E-state index in [2.05, 4.69) is 20.6 Å². The van der Waals surface area contributed by atoms with E-state index in [1.54, 1.807) is 23.2 Å². The summed E-state index contributed by atoms with van der Waals surface area (Å²) < 4.78 is 24.4. The molecule has 216 valence electrons. The predicted octanol–water partition coefficient (Wildman–Crippen LogP) is 3.73. The molecule has 0 radical (unpaired) electrons. The molecule has 12 heteroatoms. The molecule has 3 aromatic rings. The summed E-state index contributed by atoms with van der Waals surface area (Å²) in [4.78, 5) is 36.4. The minimum Gasteiger partial charge on any atom is -0.497 e. The van der Waals surface area contributed by atoms with Crippen molar-refractivity contribution in [2.24, 2.45) is 0 Å². The summed E-state index contributed by atoms with van der Waals surface area (Å²) in [6.45, 7) is 1.49. The van der Waals surface area contributed by atoms with Crippen LogP contribution < -0.4 is 15.4 Å². The molecule has 2 aliphatic heterocycles. The van der Waals surface area contributed by atoms with Crippen LogP contribution in [-0.4, -0.2) is 71.3 Å². The molecule has 5 rings (SSSR count). The molecule has 3 heterocycles. The number of anilines is 1. The van der Waals surface area contributed by atoms with Gasteiger partial charge in [0.05, 0.1) is 36.7 Å². The van der Waals surface area contributed by atoms with Crippen LogP contribution in [0.15, 0.2) is 42.6 Å². The van der Waals surface area contributed by atoms with Gasteiger partial charge in [0.15, 0.2) is 0 Å². The Morgan fingerprint density at radius 3 is 2.83 bits per heavy atom. The average molecular weight is 584 g/mol. The van der Waals surface area contributed by atoms with E-state index in [4.69, 9.17) is 21.1 Å². The lowest BCUT2D eigenvalue weighted by Crippen LogP contribution is -2.34. The molecule has 0 bridgehead atoms. The van der Waals surface area contributed by atoms with Gasteiger partial charge in [0.25, 0.3) is 5.91 Å². The van der Waals surface area contributed by atoms with Gasteiger partial charge in [-0.15, -0.1) is 0 Å². The lowest BCUT2D eigenvalue weighted by atomic mass is 10.0. The predicted molar refractivity (Wildman–Crippen MR) is 150 cm³/mol. The second-order valence-electron chi connectivity index (χ2n) is 10.00. The van der Waals surface area contributed by atoms with E-state index in [0.717, 1.165) is 18.4 Å². The van der Waals surface area contributed by atoms with Gasteiger partial charge in [0, 0.05) is 56.0 Å². The molecule has 3 N–H and O–H groups in total. The second kappa shape index (κ2) is 12.8. The van der Waals surface area contributed by atoms with Crippen LogP contribution in [0.5, 0.6) is 5.75 Å². The number of halogens is 2. The number of rotatable bonds is 10. The standard InChI is InChI=1S/C29H31ClFN5O5/c1-40-22-11-19(10-20(31)13-22)25(16-37)34-26(38)4-7-36-15-18-3-2-17(12-23(18)28(36)39)27-24(30)14-32-29(35-27)33-21-5-8-41-9-6-21/h2-3,10-14,21,25,37H,4-9,15-16H2,1H3,(H,34,38)(H,32,33,35)/t25-/m1/s1. The SMILES string of the molecule is COc1cc(F)cc([C@@H](CO)NC(=O)CCN2Cc3ccc(-c4nc(NC5CCOCC5)ncc4Cl)cc3C2=O)c1. The minimum atomic E-state index is -0.815. The molecule has 2 aromatic carbocycles. The summed E-state index contributed by atoms with van der Waals surface area (Å²) in [7, 11) is 1.41. The fourth-order valence-corrected chi connectivity index (χ4v) is 5.19. The molecule has 10 nitrogen and oxygen atoms in total. The quantitative estimate of drug-likeness (QED) is 0.330. The van der Waals surface area contributed by atoms with Crippen molar-refractivity contribution >= 4 is 29.4 Å². The van der Waals surface area contributed by atoms with Crippen LogP contribution in [0.2, 0.25) is 5.02 Å². The van der Waals surface area contributed by atoms with Crippen LogP contribution in [0.3, 0.4) is 0 Å². The van der Waals surface area contributed by atoms with E-state index in [-0.39, 0.29) is 36.6 Å². The van der Waals surface area contributed by atoms with Crippen molar-refractivity contribution in [2.75, 3.05) is 38.8 Å². The molecule has 0 saturated carbocycles. The van der Waals surface area contributed by atoms with Gasteiger partial charge in [-0.2, -0.15) is 0 Å². The highest BCUT2D eigenvalue weighted by atomic mass is 35.5. The normalized spacial score (nSPS) is 15.9. The van der Waals surface area contributed by atoms with E-state index in [9.17, 15) is 19.1 Å². The molecule has 2 aliphatic rings. The summed E-state index contributed by atoms with van der Waals surface area (Å²) in [5, 5.41) is 16.2. The topological polar surface area (TPSA) is 126 Å². The van der Waals surface area contributed by atoms with E-state index in [1.807, 2.05) is 12.1 Å². The van der Waals surface area contributed by atoms with Crippen molar-refractivity contribution in [3.63, 3.8) is 0 Å². The van der Waals surface area contributed by atoms with E-state index in [0.29, 0.717) is 53.1 Å². The van der Waals surface area contributed by atoms with Gasteiger partial charge in [-0.05, 0) is 42.2 Å². The summed E-state index contributed by atoms with van der Waals surface area (Å²) in [6, 6.07) is 8.90. The zero-order valence-electron chi connectivity index (χ0n) is 22.5. The van der Waals surface area contributed by atoms with Crippen molar-refractivity contribution in [2.45, 2.75) is 37.9 Å². The number of aromatic nitrogens is 2. The Kier molecular flexibility index (Phi) is 8.96. The number of amides is 2. The van der Waals surface area contributed by atoms with Crippen LogP contribution in [0.1, 0.15) is 46.8 Å². The zero-order valence-corrected chi connectivity index (χ0v) is 23.3. The van der Waals surface area contributed by atoms with Gasteiger partial charge < -0.3 is 30.1 Å². The van der Waals surface area contributed by atoms with Crippen LogP contribution in [0.4, 0.5) is 10.3 Å². The largest absolute Gasteiger partial charge is 0.497 e. The zero-order chi connectivity index (χ0) is 28.9. The summed E-state index contributed by atoms with van der Waals surface area (Å²) in [5.74, 6) is -0.374. The number of hydrogen-bond donors (Lipinski definition) is 3. The molecule has 0 unspecified atom stereocenters. The number of carbonyl (C=O) groups excluding carboxylic acids is 2. The summed E-state index contributed by atoms with van der Waals surface area (Å²) in [5.41, 5.74) is 2.95. The van der Waals surface area contributed by atoms with Crippen molar-refractivity contribution in [3.05, 3.63) is 70.1 Å². The monoisotopic (exact) mass is 583 g/mol. The number of nitrogens with one attached hydrogen (secondary N) is 2. The van der Waals surface area contributed by atoms with Crippen molar-refractivity contribution < 1.29 is 28.6 Å². The maximum atomic E-state index is 13.9. The Bertz CT molecular complexity index is 1430. The van der Waals surface area contributed by atoms with Crippen LogP contribution in [0.25, 0.3) is 11.3 Å². The number of benzene rings is 2. The lowest BCUT2D eigenvalue weighted by molar-refractivity contribution is -0.122. The van der Waals surface area contributed by atoms with Gasteiger partial charge in [-0.3, -0.25) is 9.59 Å². The maximum absolute atomic E-state index is 13.9. The Hall–Kier alpha value is -3.80. The van der Waals surface area contributed by atoms with Crippen molar-refractivity contribution in [1.29, 1.82) is 0 Å². The number of aliphatic hydroxyl groups is 1. The number of methoxy groups -OCH3 is 1. The number of carbonyl (C=O) groups is 2. The Morgan fingerprint density at radius 2 is 2.07 bits per heavy atom. The van der Waals surface area contributed by atoms with Crippen molar-refractivity contribution in [3.8, 4) is 17.0 Å². The number of aliphatic hydroxyl groups excluding tert-OH is 1. The highest BCUT2D eigenvalue weighted by Crippen LogP contribution is 2.32. The third kappa shape index (κ3) is 6.75. The summed E-state index contributed by atoms with van der Waals surface area (Å²) in [6.07, 6.45) is 3.28. The summed E-state index contributed by atoms with van der Waals surface area (Å²) >= 11 is 6.44. The number of fused-ring (bicyclic) bond motifs is 1. The first-order valence-electron chi connectivity index (χ1n) is 13.4. The second-order valence-corrected chi connectivity index (χ2v) is 10.4. The number of hydrogen-bond acceptors (Lipinski definition) is 8. The first-order chi connectivity index (χ1) is 19.8. The average Bonchev–Trinajstić information content (AvgIpc) is 3.30. The third-order valence-electron chi connectivity index (χ3n) is 7.22. The molecular weight excluding hydrogens is 553 g/mol. The lowest BCUT2D eigenvalue weighted by Gasteiger charge is -2.23. The molecular formula is C29H31ClFN5O5. The molecule has 1 atom stereocenters. The van der Waals surface area contributed by atoms with E-state index in [1.165, 1.54) is 19.2 Å². The molecule has 1 aromatic heterocycles. The smallest absolute Gasteiger partial charge is 0.254 e. The molecule has 1 fully saturated rings. The van der Waals surface area contributed by atoms with Crippen LogP contribution in [-0.2, 0) is 16.1 Å². The molecule has 1 saturated heterocycles. The molecule has 41 heavy (non-hydrogen) atoms. The Labute approximate surface area is 241 Å². The van der Waals surface area contributed by atoms with Gasteiger partial charge in [-0.1, -0.05) is 23.7 Å². The van der Waals surface area contributed by atoms with Crippen molar-refractivity contribution in [1.82, 2.24) is 20.2 Å². The minimum absolute atomic E-state index is 0.00844. The van der Waals surface area contributed by atoms with Crippen LogP contribution in [0, 0.1) is 5.82 Å². The van der Waals surface area contributed by atoms with E-state index < -0.39 is 18.5 Å². The van der Waals surface area contributed by atoms with Crippen LogP contribution >= 0.6 is 11.6 Å². The highest BCUT2D eigenvalue weighted by Gasteiger charge is 2.29. The van der Waals surface area contributed by atoms with Gasteiger partial charge in [0.1, 0.15) is 11.6 Å². The maximum Gasteiger partial charge on any atom is 0.254 e. The number of nitrogens with zero attached hydrogens (tertiary/aromatic N) is 3. The van der Waals surface area contributed by atoms with Gasteiger partial charge >= 0.3 is 0 Å². The first kappa shape index (κ1) is 28.7. The fraction of sp³-hybridized carbons (Fsp3) is 0.379. The van der Waals surface area contributed by atoms with E-state index >= 15 is 0 Å². The van der Waals surface area contributed by atoms with Gasteiger partial charge in [0.2, 0.25) is 11.9 Å². The first-order valence-corrected chi connectivity index (χ1v) is 13.8. The molecule has 0 spiro atoms. The van der Waals surface area contributed by atoms with Gasteiger partial charge in [-0.25, -0.2) is 14.4 Å². The fourth-order valence-electron chi connectivity index (χ4n) is 4.99. The third-order valence-corrected chi connectivity index (χ3v) is 7.50.